The minimum Gasteiger partial charge on any atom is -0.493 e. The molecule has 1 aliphatic carbocycles. The van der Waals surface area contributed by atoms with Crippen molar-refractivity contribution in [1.82, 2.24) is 0 Å². The van der Waals surface area contributed by atoms with E-state index in [2.05, 4.69) is 31.3 Å². The van der Waals surface area contributed by atoms with Crippen LogP contribution in [-0.4, -0.2) is 13.2 Å². The molecule has 1 aromatic carbocycles. The molecule has 0 unspecified atom stereocenters. The summed E-state index contributed by atoms with van der Waals surface area (Å²) < 4.78 is 5.63. The molecule has 0 saturated heterocycles. The molecule has 2 heteroatoms. The van der Waals surface area contributed by atoms with Gasteiger partial charge in [-0.15, -0.1) is 0 Å². The first-order valence-electron chi connectivity index (χ1n) is 6.21. The fourth-order valence-corrected chi connectivity index (χ4v) is 1.52. The molecule has 1 aliphatic rings. The van der Waals surface area contributed by atoms with Gasteiger partial charge in [0, 0.05) is 12.2 Å². The Morgan fingerprint density at radius 3 is 2.50 bits per heavy atom. The van der Waals surface area contributed by atoms with Gasteiger partial charge >= 0.3 is 0 Å². The summed E-state index contributed by atoms with van der Waals surface area (Å²) in [5.41, 5.74) is 1.20. The maximum Gasteiger partial charge on any atom is 0.119 e. The first-order chi connectivity index (χ1) is 7.74. The lowest BCUT2D eigenvalue weighted by atomic mass is 10.2. The second-order valence-corrected chi connectivity index (χ2v) is 5.05. The molecular weight excluding hydrogens is 198 g/mol. The Kier molecular flexibility index (Phi) is 3.70. The Labute approximate surface area is 98.0 Å². The van der Waals surface area contributed by atoms with E-state index in [1.54, 1.807) is 0 Å². The van der Waals surface area contributed by atoms with Crippen molar-refractivity contribution in [3.63, 3.8) is 0 Å². The minimum atomic E-state index is 0.577. The Morgan fingerprint density at radius 2 is 1.94 bits per heavy atom. The zero-order valence-electron chi connectivity index (χ0n) is 10.2. The minimum absolute atomic E-state index is 0.577. The number of hydrogen-bond donors (Lipinski definition) is 1. The maximum absolute atomic E-state index is 5.63. The summed E-state index contributed by atoms with van der Waals surface area (Å²) in [5.74, 6) is 2.45. The molecule has 0 atom stereocenters. The molecule has 0 heterocycles. The molecule has 0 spiro atoms. The van der Waals surface area contributed by atoms with E-state index in [4.69, 9.17) is 4.74 Å². The van der Waals surface area contributed by atoms with Crippen molar-refractivity contribution in [2.75, 3.05) is 18.5 Å². The molecule has 1 aromatic rings. The van der Waals surface area contributed by atoms with Crippen molar-refractivity contribution in [3.8, 4) is 5.75 Å². The van der Waals surface area contributed by atoms with Gasteiger partial charge in [-0.2, -0.15) is 0 Å². The van der Waals surface area contributed by atoms with Gasteiger partial charge in [-0.3, -0.25) is 0 Å². The lowest BCUT2D eigenvalue weighted by molar-refractivity contribution is 0.271. The molecule has 1 saturated carbocycles. The highest BCUT2D eigenvalue weighted by Crippen LogP contribution is 2.29. The van der Waals surface area contributed by atoms with Gasteiger partial charge in [0.15, 0.2) is 0 Å². The van der Waals surface area contributed by atoms with E-state index in [-0.39, 0.29) is 0 Å². The van der Waals surface area contributed by atoms with Crippen molar-refractivity contribution >= 4 is 5.69 Å². The highest BCUT2D eigenvalue weighted by Gasteiger charge is 2.20. The van der Waals surface area contributed by atoms with E-state index in [1.165, 1.54) is 18.5 Å². The summed E-state index contributed by atoms with van der Waals surface area (Å²) in [6.45, 7) is 6.22. The van der Waals surface area contributed by atoms with Gasteiger partial charge in [0.2, 0.25) is 0 Å². The standard InChI is InChI=1S/C14H21NO/c1-11(2)10-16-14-7-5-13(6-8-14)15-9-12-3-4-12/h5-8,11-12,15H,3-4,9-10H2,1-2H3. The third kappa shape index (κ3) is 3.76. The van der Waals surface area contributed by atoms with Crippen molar-refractivity contribution in [1.29, 1.82) is 0 Å². The van der Waals surface area contributed by atoms with Crippen LogP contribution in [0.5, 0.6) is 5.75 Å². The molecule has 1 fully saturated rings. The summed E-state index contributed by atoms with van der Waals surface area (Å²) in [5, 5.41) is 3.44. The van der Waals surface area contributed by atoms with E-state index in [0.29, 0.717) is 5.92 Å². The van der Waals surface area contributed by atoms with Crippen LogP contribution >= 0.6 is 0 Å². The fourth-order valence-electron chi connectivity index (χ4n) is 1.52. The SMILES string of the molecule is CC(C)COc1ccc(NCC2CC2)cc1. The molecule has 0 aromatic heterocycles. The second kappa shape index (κ2) is 5.24. The van der Waals surface area contributed by atoms with Gasteiger partial charge in [-0.1, -0.05) is 13.8 Å². The Hall–Kier alpha value is -1.18. The molecule has 2 rings (SSSR count). The van der Waals surface area contributed by atoms with Crippen LogP contribution in [0, 0.1) is 11.8 Å². The molecule has 88 valence electrons. The third-order valence-electron chi connectivity index (χ3n) is 2.73. The smallest absolute Gasteiger partial charge is 0.119 e. The summed E-state index contributed by atoms with van der Waals surface area (Å²) in [6, 6.07) is 8.27. The van der Waals surface area contributed by atoms with E-state index in [0.717, 1.165) is 24.8 Å². The average Bonchev–Trinajstić information content (AvgIpc) is 3.09. The Balaban J connectivity index is 1.78. The van der Waals surface area contributed by atoms with E-state index >= 15 is 0 Å². The Bertz CT molecular complexity index is 289. The molecule has 1 N–H and O–H groups in total. The van der Waals surface area contributed by atoms with Gasteiger partial charge in [-0.25, -0.2) is 0 Å². The predicted octanol–water partition coefficient (Wildman–Crippen LogP) is 3.54. The third-order valence-corrected chi connectivity index (χ3v) is 2.73. The molecule has 2 nitrogen and oxygen atoms in total. The topological polar surface area (TPSA) is 21.3 Å². The normalized spacial score (nSPS) is 15.2. The van der Waals surface area contributed by atoms with E-state index < -0.39 is 0 Å². The van der Waals surface area contributed by atoms with Crippen LogP contribution in [0.2, 0.25) is 0 Å². The van der Waals surface area contributed by atoms with E-state index in [9.17, 15) is 0 Å². The van der Waals surface area contributed by atoms with E-state index in [1.807, 2.05) is 12.1 Å². The average molecular weight is 219 g/mol. The number of anilines is 1. The largest absolute Gasteiger partial charge is 0.493 e. The number of hydrogen-bond acceptors (Lipinski definition) is 2. The first-order valence-corrected chi connectivity index (χ1v) is 6.21. The van der Waals surface area contributed by atoms with Gasteiger partial charge in [-0.05, 0) is 48.9 Å². The maximum atomic E-state index is 5.63. The molecule has 16 heavy (non-hydrogen) atoms. The number of nitrogens with one attached hydrogen (secondary N) is 1. The molecule has 0 radical (unpaired) electrons. The van der Waals surface area contributed by atoms with Crippen molar-refractivity contribution in [2.45, 2.75) is 26.7 Å². The zero-order valence-corrected chi connectivity index (χ0v) is 10.2. The number of benzene rings is 1. The summed E-state index contributed by atoms with van der Waals surface area (Å²) >= 11 is 0. The van der Waals surface area contributed by atoms with Crippen LogP contribution < -0.4 is 10.1 Å². The fraction of sp³-hybridized carbons (Fsp3) is 0.571. The van der Waals surface area contributed by atoms with Crippen molar-refractivity contribution in [3.05, 3.63) is 24.3 Å². The van der Waals surface area contributed by atoms with Gasteiger partial charge < -0.3 is 10.1 Å². The summed E-state index contributed by atoms with van der Waals surface area (Å²) in [7, 11) is 0. The lowest BCUT2D eigenvalue weighted by Gasteiger charge is -2.10. The van der Waals surface area contributed by atoms with Crippen molar-refractivity contribution in [2.24, 2.45) is 11.8 Å². The predicted molar refractivity (Wildman–Crippen MR) is 68.0 cm³/mol. The highest BCUT2D eigenvalue weighted by molar-refractivity contribution is 5.46. The zero-order chi connectivity index (χ0) is 11.4. The Morgan fingerprint density at radius 1 is 1.25 bits per heavy atom. The van der Waals surface area contributed by atoms with Crippen LogP contribution in [0.25, 0.3) is 0 Å². The lowest BCUT2D eigenvalue weighted by Crippen LogP contribution is -2.05. The number of ether oxygens (including phenoxy) is 1. The van der Waals surface area contributed by atoms with Crippen molar-refractivity contribution < 1.29 is 4.74 Å². The first kappa shape index (κ1) is 11.3. The van der Waals surface area contributed by atoms with Crippen LogP contribution in [0.1, 0.15) is 26.7 Å². The van der Waals surface area contributed by atoms with Crippen LogP contribution in [0.15, 0.2) is 24.3 Å². The van der Waals surface area contributed by atoms with Crippen LogP contribution in [0.3, 0.4) is 0 Å². The monoisotopic (exact) mass is 219 g/mol. The molecule has 0 bridgehead atoms. The van der Waals surface area contributed by atoms with Gasteiger partial charge in [0.25, 0.3) is 0 Å². The molecule has 0 aliphatic heterocycles. The summed E-state index contributed by atoms with van der Waals surface area (Å²) in [4.78, 5) is 0. The number of rotatable bonds is 6. The molecule has 0 amide bonds. The van der Waals surface area contributed by atoms with Crippen LogP contribution in [-0.2, 0) is 0 Å². The summed E-state index contributed by atoms with van der Waals surface area (Å²) in [6.07, 6.45) is 2.78. The van der Waals surface area contributed by atoms with Gasteiger partial charge in [0.1, 0.15) is 5.75 Å². The van der Waals surface area contributed by atoms with Crippen LogP contribution in [0.4, 0.5) is 5.69 Å². The highest BCUT2D eigenvalue weighted by atomic mass is 16.5. The van der Waals surface area contributed by atoms with Gasteiger partial charge in [0.05, 0.1) is 6.61 Å². The quantitative estimate of drug-likeness (QED) is 0.790. The second-order valence-electron chi connectivity index (χ2n) is 5.05. The molecular formula is C14H21NO.